The van der Waals surface area contributed by atoms with Crippen LogP contribution in [0.2, 0.25) is 0 Å². The van der Waals surface area contributed by atoms with Crippen molar-refractivity contribution in [1.29, 1.82) is 0 Å². The van der Waals surface area contributed by atoms with Crippen molar-refractivity contribution in [2.75, 3.05) is 16.0 Å². The van der Waals surface area contributed by atoms with Gasteiger partial charge in [0.1, 0.15) is 6.20 Å². The van der Waals surface area contributed by atoms with Gasteiger partial charge in [-0.3, -0.25) is 29.8 Å². The SMILES string of the molecule is CCCC(=O)Nc1ccc(C(=O)Nc2ncc([N+](=O)[O-])s2)c(NC(C)=O)c1. The number of carbonyl (C=O) groups is 3. The van der Waals surface area contributed by atoms with E-state index in [9.17, 15) is 24.5 Å². The summed E-state index contributed by atoms with van der Waals surface area (Å²) in [5.74, 6) is -1.18. The summed E-state index contributed by atoms with van der Waals surface area (Å²) in [6.45, 7) is 3.16. The predicted octanol–water partition coefficient (Wildman–Crippen LogP) is 3.00. The molecule has 0 aliphatic rings. The predicted molar refractivity (Wildman–Crippen MR) is 101 cm³/mol. The third kappa shape index (κ3) is 5.57. The number of nitro groups is 1. The van der Waals surface area contributed by atoms with Gasteiger partial charge in [-0.1, -0.05) is 6.92 Å². The Hall–Kier alpha value is -3.34. The summed E-state index contributed by atoms with van der Waals surface area (Å²) in [7, 11) is 0. The summed E-state index contributed by atoms with van der Waals surface area (Å²) in [5, 5.41) is 18.2. The van der Waals surface area contributed by atoms with E-state index in [1.165, 1.54) is 25.1 Å². The normalized spacial score (nSPS) is 10.1. The van der Waals surface area contributed by atoms with Gasteiger partial charge in [0.05, 0.1) is 16.2 Å². The third-order valence-electron chi connectivity index (χ3n) is 3.23. The van der Waals surface area contributed by atoms with Gasteiger partial charge in [0.2, 0.25) is 11.8 Å². The van der Waals surface area contributed by atoms with Gasteiger partial charge in [0.15, 0.2) is 5.13 Å². The lowest BCUT2D eigenvalue weighted by Gasteiger charge is -2.12. The third-order valence-corrected chi connectivity index (χ3v) is 4.09. The first-order valence-corrected chi connectivity index (χ1v) is 8.75. The number of carbonyl (C=O) groups excluding carboxylic acids is 3. The van der Waals surface area contributed by atoms with E-state index in [4.69, 9.17) is 0 Å². The van der Waals surface area contributed by atoms with Gasteiger partial charge >= 0.3 is 5.00 Å². The Morgan fingerprint density at radius 3 is 2.56 bits per heavy atom. The molecule has 11 heteroatoms. The number of nitrogens with zero attached hydrogens (tertiary/aromatic N) is 2. The Labute approximate surface area is 158 Å². The number of hydrogen-bond acceptors (Lipinski definition) is 7. The van der Waals surface area contributed by atoms with Crippen LogP contribution in [0.4, 0.5) is 21.5 Å². The topological polar surface area (TPSA) is 143 Å². The molecule has 0 aliphatic carbocycles. The fourth-order valence-electron chi connectivity index (χ4n) is 2.14. The van der Waals surface area contributed by atoms with Gasteiger partial charge in [-0.25, -0.2) is 4.98 Å². The molecule has 1 aromatic heterocycles. The molecule has 3 N–H and O–H groups in total. The Balaban J connectivity index is 2.24. The van der Waals surface area contributed by atoms with E-state index in [-0.39, 0.29) is 27.3 Å². The summed E-state index contributed by atoms with van der Waals surface area (Å²) < 4.78 is 0. The van der Waals surface area contributed by atoms with Gasteiger partial charge in [-0.2, -0.15) is 0 Å². The van der Waals surface area contributed by atoms with Crippen LogP contribution in [0.1, 0.15) is 37.0 Å². The molecule has 1 aromatic carbocycles. The molecule has 142 valence electrons. The maximum absolute atomic E-state index is 12.5. The lowest BCUT2D eigenvalue weighted by molar-refractivity contribution is -0.380. The number of amides is 3. The highest BCUT2D eigenvalue weighted by Gasteiger charge is 2.18. The minimum atomic E-state index is -0.607. The number of hydrogen-bond donors (Lipinski definition) is 3. The molecule has 0 radical (unpaired) electrons. The number of thiazole rings is 1. The quantitative estimate of drug-likeness (QED) is 0.489. The molecule has 0 unspecified atom stereocenters. The van der Waals surface area contributed by atoms with Gasteiger partial charge in [-0.15, -0.1) is 0 Å². The Bertz CT molecular complexity index is 895. The minimum Gasteiger partial charge on any atom is -0.326 e. The lowest BCUT2D eigenvalue weighted by atomic mass is 10.1. The molecule has 27 heavy (non-hydrogen) atoms. The van der Waals surface area contributed by atoms with Crippen LogP contribution in [0, 0.1) is 10.1 Å². The molecule has 2 aromatic rings. The fourth-order valence-corrected chi connectivity index (χ4v) is 2.76. The van der Waals surface area contributed by atoms with Gasteiger partial charge in [0, 0.05) is 19.0 Å². The molecule has 1 heterocycles. The van der Waals surface area contributed by atoms with E-state index < -0.39 is 16.7 Å². The monoisotopic (exact) mass is 391 g/mol. The largest absolute Gasteiger partial charge is 0.345 e. The Kier molecular flexibility index (Phi) is 6.55. The molecule has 3 amide bonds. The molecule has 0 spiro atoms. The molecular weight excluding hydrogens is 374 g/mol. The number of benzene rings is 1. The maximum Gasteiger partial charge on any atom is 0.345 e. The number of nitrogens with one attached hydrogen (secondary N) is 3. The lowest BCUT2D eigenvalue weighted by Crippen LogP contribution is -2.17. The van der Waals surface area contributed by atoms with Crippen LogP contribution in [-0.4, -0.2) is 27.6 Å². The van der Waals surface area contributed by atoms with Crippen molar-refractivity contribution in [1.82, 2.24) is 4.98 Å². The average molecular weight is 391 g/mol. The standard InChI is InChI=1S/C16H17N5O5S/c1-3-4-13(23)19-10-5-6-11(12(7-10)18-9(2)22)15(24)20-16-17-8-14(27-16)21(25)26/h5-8H,3-4H2,1-2H3,(H,18,22)(H,19,23)(H,17,20,24). The van der Waals surface area contributed by atoms with Crippen LogP contribution in [-0.2, 0) is 9.59 Å². The first-order valence-electron chi connectivity index (χ1n) is 7.93. The number of rotatable bonds is 7. The van der Waals surface area contributed by atoms with Crippen molar-refractivity contribution >= 4 is 50.6 Å². The van der Waals surface area contributed by atoms with Gasteiger partial charge in [-0.05, 0) is 36.0 Å². The second-order valence-electron chi connectivity index (χ2n) is 5.45. The molecular formula is C16H17N5O5S. The number of aromatic nitrogens is 1. The van der Waals surface area contributed by atoms with E-state index >= 15 is 0 Å². The van der Waals surface area contributed by atoms with Crippen LogP contribution in [0.3, 0.4) is 0 Å². The van der Waals surface area contributed by atoms with E-state index in [2.05, 4.69) is 20.9 Å². The van der Waals surface area contributed by atoms with Crippen LogP contribution in [0.5, 0.6) is 0 Å². The maximum atomic E-state index is 12.5. The molecule has 2 rings (SSSR count). The van der Waals surface area contributed by atoms with Crippen LogP contribution < -0.4 is 16.0 Å². The molecule has 0 saturated carbocycles. The van der Waals surface area contributed by atoms with Crippen molar-refractivity contribution in [3.8, 4) is 0 Å². The fraction of sp³-hybridized carbons (Fsp3) is 0.250. The van der Waals surface area contributed by atoms with Crippen molar-refractivity contribution in [3.05, 3.63) is 40.1 Å². The first-order chi connectivity index (χ1) is 12.8. The van der Waals surface area contributed by atoms with Gasteiger partial charge < -0.3 is 10.6 Å². The molecule has 0 saturated heterocycles. The molecule has 0 atom stereocenters. The van der Waals surface area contributed by atoms with Crippen molar-refractivity contribution in [2.24, 2.45) is 0 Å². The zero-order valence-electron chi connectivity index (χ0n) is 14.6. The molecule has 0 fully saturated rings. The van der Waals surface area contributed by atoms with Crippen molar-refractivity contribution in [3.63, 3.8) is 0 Å². The van der Waals surface area contributed by atoms with E-state index in [0.29, 0.717) is 29.9 Å². The number of anilines is 3. The minimum absolute atomic E-state index is 0.0563. The molecule has 0 aliphatic heterocycles. The zero-order chi connectivity index (χ0) is 20.0. The summed E-state index contributed by atoms with van der Waals surface area (Å²) in [5.41, 5.74) is 0.746. The second-order valence-corrected chi connectivity index (χ2v) is 6.46. The smallest absolute Gasteiger partial charge is 0.326 e. The highest BCUT2D eigenvalue weighted by Crippen LogP contribution is 2.27. The zero-order valence-corrected chi connectivity index (χ0v) is 15.4. The van der Waals surface area contributed by atoms with Crippen LogP contribution in [0.25, 0.3) is 0 Å². The Morgan fingerprint density at radius 1 is 1.22 bits per heavy atom. The highest BCUT2D eigenvalue weighted by molar-refractivity contribution is 7.18. The Morgan fingerprint density at radius 2 is 1.96 bits per heavy atom. The van der Waals surface area contributed by atoms with Crippen LogP contribution >= 0.6 is 11.3 Å². The molecule has 10 nitrogen and oxygen atoms in total. The van der Waals surface area contributed by atoms with E-state index in [0.717, 1.165) is 6.20 Å². The first kappa shape index (κ1) is 20.0. The van der Waals surface area contributed by atoms with E-state index in [1.807, 2.05) is 6.92 Å². The van der Waals surface area contributed by atoms with E-state index in [1.54, 1.807) is 0 Å². The van der Waals surface area contributed by atoms with Gasteiger partial charge in [0.25, 0.3) is 5.91 Å². The summed E-state index contributed by atoms with van der Waals surface area (Å²) in [6.07, 6.45) is 2.08. The average Bonchev–Trinajstić information content (AvgIpc) is 3.03. The summed E-state index contributed by atoms with van der Waals surface area (Å²) in [4.78, 5) is 49.5. The molecule has 0 bridgehead atoms. The second kappa shape index (κ2) is 8.85. The van der Waals surface area contributed by atoms with Crippen LogP contribution in [0.15, 0.2) is 24.4 Å². The van der Waals surface area contributed by atoms with Crippen molar-refractivity contribution in [2.45, 2.75) is 26.7 Å². The van der Waals surface area contributed by atoms with Crippen molar-refractivity contribution < 1.29 is 19.3 Å². The summed E-state index contributed by atoms with van der Waals surface area (Å²) >= 11 is 0.714. The highest BCUT2D eigenvalue weighted by atomic mass is 32.1. The summed E-state index contributed by atoms with van der Waals surface area (Å²) in [6, 6.07) is 4.43.